The minimum absolute atomic E-state index is 0.124. The zero-order chi connectivity index (χ0) is 14.1. The van der Waals surface area contributed by atoms with E-state index < -0.39 is 31.4 Å². The lowest BCUT2D eigenvalue weighted by Crippen LogP contribution is -2.04. The monoisotopic (exact) mass is 275 g/mol. The molecule has 0 saturated carbocycles. The average Bonchev–Trinajstić information content (AvgIpc) is 2.26. The molecule has 0 saturated heterocycles. The third kappa shape index (κ3) is 2.77. The zero-order valence-corrected chi connectivity index (χ0v) is 10.6. The molecule has 1 aromatic rings. The van der Waals surface area contributed by atoms with E-state index in [4.69, 9.17) is 4.55 Å². The molecule has 8 heteroatoms. The number of nitrogens with zero attached hydrogens (tertiary/aromatic N) is 1. The average molecular weight is 275 g/mol. The molecule has 2 N–H and O–H groups in total. The lowest BCUT2D eigenvalue weighted by molar-refractivity contribution is -0.385. The third-order valence-electron chi connectivity index (χ3n) is 2.72. The molecule has 0 aliphatic heterocycles. The van der Waals surface area contributed by atoms with Crippen LogP contribution in [0.2, 0.25) is 0 Å². The lowest BCUT2D eigenvalue weighted by atomic mass is 9.97. The number of phenolic OH excluding ortho intramolecular Hbond substituents is 1. The molecule has 18 heavy (non-hydrogen) atoms. The molecule has 0 spiro atoms. The van der Waals surface area contributed by atoms with Gasteiger partial charge in [0.05, 0.1) is 4.92 Å². The van der Waals surface area contributed by atoms with Gasteiger partial charge in [-0.05, 0) is 12.3 Å². The molecule has 0 aliphatic carbocycles. The number of hydrogen-bond donors (Lipinski definition) is 2. The molecule has 1 atom stereocenters. The topological polar surface area (TPSA) is 118 Å². The van der Waals surface area contributed by atoms with Crippen molar-refractivity contribution in [2.24, 2.45) is 0 Å². The van der Waals surface area contributed by atoms with E-state index in [1.807, 2.05) is 0 Å². The van der Waals surface area contributed by atoms with Gasteiger partial charge in [0, 0.05) is 17.7 Å². The van der Waals surface area contributed by atoms with E-state index in [-0.39, 0.29) is 11.5 Å². The Hall–Kier alpha value is -1.67. The summed E-state index contributed by atoms with van der Waals surface area (Å²) in [7, 11) is -4.71. The standard InChI is InChI=1S/C10H13NO6S/c1-3-6(2)8-4-7(11(13)14)5-9(10(8)12)18(15,16)17/h4-6,12H,3H2,1-2H3,(H,15,16,17). The van der Waals surface area contributed by atoms with E-state index in [0.717, 1.165) is 6.07 Å². The van der Waals surface area contributed by atoms with E-state index in [1.54, 1.807) is 13.8 Å². The summed E-state index contributed by atoms with van der Waals surface area (Å²) in [6.07, 6.45) is 0.555. The van der Waals surface area contributed by atoms with Gasteiger partial charge in [-0.2, -0.15) is 8.42 Å². The molecular formula is C10H13NO6S. The minimum Gasteiger partial charge on any atom is -0.506 e. The Morgan fingerprint density at radius 2 is 2.00 bits per heavy atom. The first-order valence-corrected chi connectivity index (χ1v) is 6.61. The maximum absolute atomic E-state index is 11.1. The molecule has 7 nitrogen and oxygen atoms in total. The van der Waals surface area contributed by atoms with Crippen molar-refractivity contribution in [1.29, 1.82) is 0 Å². The highest BCUT2D eigenvalue weighted by Gasteiger charge is 2.25. The van der Waals surface area contributed by atoms with Crippen LogP contribution in [0, 0.1) is 10.1 Å². The Kier molecular flexibility index (Phi) is 3.92. The molecule has 100 valence electrons. The number of nitro groups is 1. The van der Waals surface area contributed by atoms with E-state index in [9.17, 15) is 23.6 Å². The highest BCUT2D eigenvalue weighted by molar-refractivity contribution is 7.86. The number of benzene rings is 1. The Morgan fingerprint density at radius 3 is 2.39 bits per heavy atom. The number of hydrogen-bond acceptors (Lipinski definition) is 5. The zero-order valence-electron chi connectivity index (χ0n) is 9.82. The highest BCUT2D eigenvalue weighted by Crippen LogP contribution is 2.36. The Balaban J connectivity index is 3.63. The second kappa shape index (κ2) is 4.91. The van der Waals surface area contributed by atoms with Gasteiger partial charge in [0.2, 0.25) is 0 Å². The number of non-ortho nitro benzene ring substituents is 1. The fourth-order valence-corrected chi connectivity index (χ4v) is 2.14. The summed E-state index contributed by atoms with van der Waals surface area (Å²) in [6.45, 7) is 3.47. The third-order valence-corrected chi connectivity index (χ3v) is 3.59. The van der Waals surface area contributed by atoms with Crippen LogP contribution in [0.4, 0.5) is 5.69 Å². The SMILES string of the molecule is CCC(C)c1cc([N+](=O)[O-])cc(S(=O)(=O)O)c1O. The van der Waals surface area contributed by atoms with Crippen molar-refractivity contribution >= 4 is 15.8 Å². The van der Waals surface area contributed by atoms with Crippen molar-refractivity contribution in [3.8, 4) is 5.75 Å². The predicted octanol–water partition coefficient (Wildman–Crippen LogP) is 2.06. The Bertz CT molecular complexity index is 580. The van der Waals surface area contributed by atoms with Crippen LogP contribution in [0.5, 0.6) is 5.75 Å². The molecule has 0 radical (unpaired) electrons. The first-order valence-electron chi connectivity index (χ1n) is 5.17. The van der Waals surface area contributed by atoms with Gasteiger partial charge < -0.3 is 5.11 Å². The van der Waals surface area contributed by atoms with Gasteiger partial charge in [0.25, 0.3) is 15.8 Å². The molecule has 1 rings (SSSR count). The quantitative estimate of drug-likeness (QED) is 0.493. The molecule has 0 heterocycles. The van der Waals surface area contributed by atoms with Gasteiger partial charge in [-0.3, -0.25) is 14.7 Å². The normalized spacial score (nSPS) is 13.3. The highest BCUT2D eigenvalue weighted by atomic mass is 32.2. The fraction of sp³-hybridized carbons (Fsp3) is 0.400. The Morgan fingerprint density at radius 1 is 1.44 bits per heavy atom. The van der Waals surface area contributed by atoms with Crippen LogP contribution in [0.15, 0.2) is 17.0 Å². The van der Waals surface area contributed by atoms with Crippen molar-refractivity contribution in [2.75, 3.05) is 0 Å². The first-order chi connectivity index (χ1) is 8.18. The molecule has 1 unspecified atom stereocenters. The van der Waals surface area contributed by atoms with E-state index in [0.29, 0.717) is 12.5 Å². The van der Waals surface area contributed by atoms with E-state index in [1.165, 1.54) is 0 Å². The maximum Gasteiger partial charge on any atom is 0.298 e. The van der Waals surface area contributed by atoms with Crippen LogP contribution < -0.4 is 0 Å². The van der Waals surface area contributed by atoms with Crippen LogP contribution in [0.25, 0.3) is 0 Å². The van der Waals surface area contributed by atoms with E-state index >= 15 is 0 Å². The number of rotatable bonds is 4. The minimum atomic E-state index is -4.71. The van der Waals surface area contributed by atoms with Crippen molar-refractivity contribution < 1.29 is 23.0 Å². The van der Waals surface area contributed by atoms with Crippen molar-refractivity contribution in [3.63, 3.8) is 0 Å². The van der Waals surface area contributed by atoms with Crippen LogP contribution in [-0.4, -0.2) is 23.0 Å². The number of phenols is 1. The van der Waals surface area contributed by atoms with Gasteiger partial charge in [0.15, 0.2) is 0 Å². The van der Waals surface area contributed by atoms with Crippen LogP contribution in [0.1, 0.15) is 31.7 Å². The maximum atomic E-state index is 11.1. The van der Waals surface area contributed by atoms with Gasteiger partial charge in [-0.25, -0.2) is 0 Å². The summed E-state index contributed by atoms with van der Waals surface area (Å²) in [5.41, 5.74) is -0.366. The lowest BCUT2D eigenvalue weighted by Gasteiger charge is -2.13. The summed E-state index contributed by atoms with van der Waals surface area (Å²) >= 11 is 0. The Labute approximate surface area is 104 Å². The van der Waals surface area contributed by atoms with Crippen LogP contribution in [0.3, 0.4) is 0 Å². The van der Waals surface area contributed by atoms with Crippen molar-refractivity contribution in [2.45, 2.75) is 31.1 Å². The molecule has 0 amide bonds. The van der Waals surface area contributed by atoms with Crippen molar-refractivity contribution in [3.05, 3.63) is 27.8 Å². The largest absolute Gasteiger partial charge is 0.506 e. The molecule has 0 fully saturated rings. The molecule has 1 aromatic carbocycles. The molecule has 0 aliphatic rings. The van der Waals surface area contributed by atoms with Gasteiger partial charge >= 0.3 is 0 Å². The smallest absolute Gasteiger partial charge is 0.298 e. The fourth-order valence-electron chi connectivity index (χ4n) is 1.51. The summed E-state index contributed by atoms with van der Waals surface area (Å²) in [5.74, 6) is -0.914. The second-order valence-corrected chi connectivity index (χ2v) is 5.31. The molecule has 0 aromatic heterocycles. The van der Waals surface area contributed by atoms with Gasteiger partial charge in [-0.15, -0.1) is 0 Å². The summed E-state index contributed by atoms with van der Waals surface area (Å²) in [5, 5.41) is 20.5. The summed E-state index contributed by atoms with van der Waals surface area (Å²) in [4.78, 5) is 9.08. The molecular weight excluding hydrogens is 262 g/mol. The summed E-state index contributed by atoms with van der Waals surface area (Å²) in [6, 6.07) is 1.74. The van der Waals surface area contributed by atoms with Crippen LogP contribution >= 0.6 is 0 Å². The number of aromatic hydroxyl groups is 1. The van der Waals surface area contributed by atoms with Crippen molar-refractivity contribution in [1.82, 2.24) is 0 Å². The number of nitro benzene ring substituents is 1. The van der Waals surface area contributed by atoms with E-state index in [2.05, 4.69) is 0 Å². The van der Waals surface area contributed by atoms with Gasteiger partial charge in [0.1, 0.15) is 10.6 Å². The van der Waals surface area contributed by atoms with Gasteiger partial charge in [-0.1, -0.05) is 13.8 Å². The molecule has 0 bridgehead atoms. The van der Waals surface area contributed by atoms with Crippen LogP contribution in [-0.2, 0) is 10.1 Å². The first kappa shape index (κ1) is 14.4. The summed E-state index contributed by atoms with van der Waals surface area (Å²) < 4.78 is 31.1. The predicted molar refractivity (Wildman–Crippen MR) is 63.3 cm³/mol. The second-order valence-electron chi connectivity index (χ2n) is 3.92.